The number of fused-ring (bicyclic) bond motifs is 1. The molecule has 0 amide bonds. The molecule has 2 aromatic rings. The molecule has 6 nitrogen and oxygen atoms in total. The molecular weight excluding hydrogens is 377 g/mol. The molecule has 0 aromatic heterocycles. The van der Waals surface area contributed by atoms with Gasteiger partial charge in [0.25, 0.3) is 0 Å². The van der Waals surface area contributed by atoms with E-state index in [1.54, 1.807) is 38.1 Å². The summed E-state index contributed by atoms with van der Waals surface area (Å²) in [6.07, 6.45) is 1.47. The van der Waals surface area contributed by atoms with Gasteiger partial charge in [-0.15, -0.1) is 0 Å². The van der Waals surface area contributed by atoms with E-state index in [-0.39, 0.29) is 12.1 Å². The Labute approximate surface area is 166 Å². The molecule has 0 radical (unpaired) electrons. The lowest BCUT2D eigenvalue weighted by Gasteiger charge is -2.19. The van der Waals surface area contributed by atoms with Gasteiger partial charge in [0.2, 0.25) is 0 Å². The van der Waals surface area contributed by atoms with Crippen LogP contribution in [-0.2, 0) is 33.2 Å². The van der Waals surface area contributed by atoms with E-state index in [1.165, 1.54) is 11.1 Å². The van der Waals surface area contributed by atoms with Crippen LogP contribution < -0.4 is 9.84 Å². The third kappa shape index (κ3) is 7.47. The second-order valence-corrected chi connectivity index (χ2v) is 8.16. The van der Waals surface area contributed by atoms with Crippen molar-refractivity contribution in [2.75, 3.05) is 13.2 Å². The monoisotopic (exact) mass is 405 g/mol. The number of hydrogen-bond donors (Lipinski definition) is 2. The Kier molecular flexibility index (Phi) is 8.71. The van der Waals surface area contributed by atoms with Gasteiger partial charge in [-0.1, -0.05) is 43.3 Å². The van der Waals surface area contributed by atoms with Crippen molar-refractivity contribution in [1.82, 2.24) is 5.32 Å². The second kappa shape index (κ2) is 11.0. The smallest absolute Gasteiger partial charge is 0.380 e. The number of carbonyl (C=O) groups is 1. The zero-order valence-electron chi connectivity index (χ0n) is 16.4. The molecule has 0 bridgehead atoms. The third-order valence-corrected chi connectivity index (χ3v) is 5.39. The van der Waals surface area contributed by atoms with Gasteiger partial charge in [-0.25, -0.2) is 4.57 Å². The molecule has 0 spiro atoms. The van der Waals surface area contributed by atoms with Crippen molar-refractivity contribution in [1.29, 1.82) is 0 Å². The molecular formula is C21H28NO5P. The van der Waals surface area contributed by atoms with Crippen LogP contribution in [0.2, 0.25) is 0 Å². The molecule has 1 unspecified atom stereocenters. The van der Waals surface area contributed by atoms with Crippen LogP contribution in [0.25, 0.3) is 0 Å². The van der Waals surface area contributed by atoms with Crippen LogP contribution in [0.4, 0.5) is 0 Å². The molecule has 1 aliphatic heterocycles. The fourth-order valence-electron chi connectivity index (χ4n) is 2.80. The van der Waals surface area contributed by atoms with Gasteiger partial charge in [-0.2, -0.15) is 0 Å². The highest BCUT2D eigenvalue weighted by molar-refractivity contribution is 7.52. The summed E-state index contributed by atoms with van der Waals surface area (Å²) in [5.41, 5.74) is 3.37. The molecule has 28 heavy (non-hydrogen) atoms. The van der Waals surface area contributed by atoms with Crippen molar-refractivity contribution >= 4 is 13.6 Å². The van der Waals surface area contributed by atoms with Crippen LogP contribution in [-0.4, -0.2) is 24.0 Å². The standard InChI is InChI=1S/C16H18NO3P.C5H10O2/c18-21(19,20-16-4-2-1-3-5-16)12-13-6-7-15-11-17-9-8-14(15)10-13;1-3-5(6)7-4-2/h1-7,10,17H,8-9,11-12H2,(H,18,19);3-4H2,1-2H3. The second-order valence-electron chi connectivity index (χ2n) is 6.39. The van der Waals surface area contributed by atoms with Crippen molar-refractivity contribution in [2.45, 2.75) is 39.4 Å². The number of nitrogens with one attached hydrogen (secondary N) is 1. The van der Waals surface area contributed by atoms with Gasteiger partial charge in [0.15, 0.2) is 0 Å². The molecule has 2 aromatic carbocycles. The minimum Gasteiger partial charge on any atom is -0.466 e. The Hall–Kier alpha value is -2.14. The topological polar surface area (TPSA) is 84.9 Å². The summed E-state index contributed by atoms with van der Waals surface area (Å²) in [4.78, 5) is 20.2. The van der Waals surface area contributed by atoms with Crippen molar-refractivity contribution in [2.24, 2.45) is 0 Å². The van der Waals surface area contributed by atoms with Crippen LogP contribution >= 0.6 is 7.60 Å². The Balaban J connectivity index is 0.000000345. The first kappa shape index (κ1) is 22.2. The Bertz CT molecular complexity index is 810. The predicted molar refractivity (Wildman–Crippen MR) is 109 cm³/mol. The summed E-state index contributed by atoms with van der Waals surface area (Å²) in [6, 6.07) is 14.7. The van der Waals surface area contributed by atoms with Crippen LogP contribution in [0, 0.1) is 0 Å². The van der Waals surface area contributed by atoms with Gasteiger partial charge < -0.3 is 19.5 Å². The minimum absolute atomic E-state index is 0.0304. The van der Waals surface area contributed by atoms with Crippen molar-refractivity contribution < 1.29 is 23.5 Å². The maximum atomic E-state index is 12.2. The van der Waals surface area contributed by atoms with E-state index >= 15 is 0 Å². The highest BCUT2D eigenvalue weighted by Gasteiger charge is 2.22. The number of ether oxygens (including phenoxy) is 1. The van der Waals surface area contributed by atoms with Crippen molar-refractivity contribution in [3.8, 4) is 5.75 Å². The lowest BCUT2D eigenvalue weighted by Crippen LogP contribution is -2.23. The summed E-state index contributed by atoms with van der Waals surface area (Å²) in [5, 5.41) is 3.31. The van der Waals surface area contributed by atoms with E-state index in [0.29, 0.717) is 18.8 Å². The average molecular weight is 405 g/mol. The first-order valence-corrected chi connectivity index (χ1v) is 11.2. The zero-order chi connectivity index (χ0) is 20.4. The average Bonchev–Trinajstić information content (AvgIpc) is 2.68. The normalized spacial score (nSPS) is 14.7. The number of hydrogen-bond acceptors (Lipinski definition) is 5. The molecule has 7 heteroatoms. The number of carbonyl (C=O) groups excluding carboxylic acids is 1. The summed E-state index contributed by atoms with van der Waals surface area (Å²) in [7, 11) is -3.69. The number of benzene rings is 2. The van der Waals surface area contributed by atoms with E-state index in [2.05, 4.69) is 10.1 Å². The van der Waals surface area contributed by atoms with E-state index in [4.69, 9.17) is 4.52 Å². The largest absolute Gasteiger partial charge is 0.466 e. The summed E-state index contributed by atoms with van der Waals surface area (Å²) >= 11 is 0. The minimum atomic E-state index is -3.69. The van der Waals surface area contributed by atoms with Crippen LogP contribution in [0.15, 0.2) is 48.5 Å². The fraction of sp³-hybridized carbons (Fsp3) is 0.381. The van der Waals surface area contributed by atoms with Gasteiger partial charge in [-0.05, 0) is 48.7 Å². The quantitative estimate of drug-likeness (QED) is 0.557. The SMILES string of the molecule is CCOC(=O)CC.O=P(O)(Cc1ccc2c(c1)CCNC2)Oc1ccccc1. The van der Waals surface area contributed by atoms with E-state index in [9.17, 15) is 14.3 Å². The Morgan fingerprint density at radius 1 is 1.14 bits per heavy atom. The molecule has 0 aliphatic carbocycles. The third-order valence-electron chi connectivity index (χ3n) is 4.12. The Morgan fingerprint density at radius 2 is 1.89 bits per heavy atom. The van der Waals surface area contributed by atoms with Gasteiger partial charge in [0.05, 0.1) is 12.8 Å². The number of para-hydroxylation sites is 1. The maximum Gasteiger partial charge on any atom is 0.380 e. The van der Waals surface area contributed by atoms with E-state index < -0.39 is 7.60 Å². The molecule has 1 aliphatic rings. The zero-order valence-corrected chi connectivity index (χ0v) is 17.3. The van der Waals surface area contributed by atoms with E-state index in [1.807, 2.05) is 24.3 Å². The summed E-state index contributed by atoms with van der Waals surface area (Å²) in [6.45, 7) is 5.89. The van der Waals surface area contributed by atoms with E-state index in [0.717, 1.165) is 25.1 Å². The fourth-order valence-corrected chi connectivity index (χ4v) is 3.97. The van der Waals surface area contributed by atoms with Crippen LogP contribution in [0.3, 0.4) is 0 Å². The summed E-state index contributed by atoms with van der Waals surface area (Å²) < 4.78 is 22.0. The van der Waals surface area contributed by atoms with Crippen molar-refractivity contribution in [3.63, 3.8) is 0 Å². The molecule has 1 heterocycles. The molecule has 0 fully saturated rings. The molecule has 0 saturated carbocycles. The number of esters is 1. The Morgan fingerprint density at radius 3 is 2.54 bits per heavy atom. The van der Waals surface area contributed by atoms with Gasteiger partial charge in [0.1, 0.15) is 5.75 Å². The molecule has 2 N–H and O–H groups in total. The molecule has 0 saturated heterocycles. The predicted octanol–water partition coefficient (Wildman–Crippen LogP) is 4.06. The lowest BCUT2D eigenvalue weighted by atomic mass is 9.99. The summed E-state index contributed by atoms with van der Waals surface area (Å²) in [5.74, 6) is 0.299. The van der Waals surface area contributed by atoms with Gasteiger partial charge in [-0.3, -0.25) is 4.79 Å². The highest BCUT2D eigenvalue weighted by Crippen LogP contribution is 2.46. The highest BCUT2D eigenvalue weighted by atomic mass is 31.2. The van der Waals surface area contributed by atoms with Gasteiger partial charge in [0, 0.05) is 13.0 Å². The molecule has 152 valence electrons. The lowest BCUT2D eigenvalue weighted by molar-refractivity contribution is -0.142. The van der Waals surface area contributed by atoms with Gasteiger partial charge >= 0.3 is 13.6 Å². The first-order valence-electron chi connectivity index (χ1n) is 9.47. The van der Waals surface area contributed by atoms with Crippen molar-refractivity contribution in [3.05, 3.63) is 65.2 Å². The number of rotatable bonds is 6. The first-order chi connectivity index (χ1) is 13.4. The maximum absolute atomic E-state index is 12.2. The van der Waals surface area contributed by atoms with Crippen LogP contribution in [0.1, 0.15) is 37.0 Å². The van der Waals surface area contributed by atoms with Crippen LogP contribution in [0.5, 0.6) is 5.75 Å². The molecule has 1 atom stereocenters. The molecule has 3 rings (SSSR count).